The van der Waals surface area contributed by atoms with Gasteiger partial charge in [-0.15, -0.1) is 0 Å². The second-order valence-corrected chi connectivity index (χ2v) is 6.83. The van der Waals surface area contributed by atoms with Gasteiger partial charge in [0.15, 0.2) is 0 Å². The molecule has 2 saturated heterocycles. The van der Waals surface area contributed by atoms with Gasteiger partial charge in [-0.05, 0) is 50.2 Å². The minimum absolute atomic E-state index is 0.00470. The molecule has 1 aromatic rings. The zero-order valence-electron chi connectivity index (χ0n) is 14.5. The van der Waals surface area contributed by atoms with E-state index in [0.29, 0.717) is 31.9 Å². The number of carbonyl (C=O) groups is 3. The summed E-state index contributed by atoms with van der Waals surface area (Å²) >= 11 is 0. The Bertz CT molecular complexity index is 677. The highest BCUT2D eigenvalue weighted by molar-refractivity contribution is 5.87. The van der Waals surface area contributed by atoms with Crippen molar-refractivity contribution in [3.8, 4) is 5.75 Å². The number of hydrogen-bond donors (Lipinski definition) is 2. The van der Waals surface area contributed by atoms with Crippen LogP contribution < -0.4 is 10.5 Å². The van der Waals surface area contributed by atoms with Crippen molar-refractivity contribution in [1.82, 2.24) is 9.80 Å². The molecule has 2 aliphatic rings. The molecule has 140 valence electrons. The largest absolute Gasteiger partial charge is 0.487 e. The predicted molar refractivity (Wildman–Crippen MR) is 92.8 cm³/mol. The highest BCUT2D eigenvalue weighted by Gasteiger charge is 2.37. The molecule has 2 fully saturated rings. The molecule has 2 amide bonds. The smallest absolute Gasteiger partial charge is 0.335 e. The molecular formula is C18H23N3O5. The van der Waals surface area contributed by atoms with Gasteiger partial charge in [0.05, 0.1) is 25.2 Å². The molecule has 0 aliphatic carbocycles. The number of hydrogen-bond acceptors (Lipinski definition) is 5. The number of ether oxygens (including phenoxy) is 1. The second kappa shape index (κ2) is 7.74. The maximum absolute atomic E-state index is 12.5. The zero-order chi connectivity index (χ0) is 18.7. The number of benzene rings is 1. The van der Waals surface area contributed by atoms with E-state index < -0.39 is 5.97 Å². The van der Waals surface area contributed by atoms with Crippen LogP contribution in [0, 0.1) is 5.92 Å². The van der Waals surface area contributed by atoms with Gasteiger partial charge in [0.25, 0.3) is 0 Å². The number of rotatable bonds is 6. The summed E-state index contributed by atoms with van der Waals surface area (Å²) in [5, 5.41) is 8.88. The summed E-state index contributed by atoms with van der Waals surface area (Å²) in [5.74, 6) is -0.570. The second-order valence-electron chi connectivity index (χ2n) is 6.83. The number of carboxylic acids is 1. The number of piperidine rings is 1. The van der Waals surface area contributed by atoms with Crippen molar-refractivity contribution in [1.29, 1.82) is 0 Å². The van der Waals surface area contributed by atoms with Gasteiger partial charge in [0.1, 0.15) is 11.9 Å². The number of carbonyl (C=O) groups excluding carboxylic acids is 2. The summed E-state index contributed by atoms with van der Waals surface area (Å²) in [5.41, 5.74) is 5.41. The molecule has 8 nitrogen and oxygen atoms in total. The lowest BCUT2D eigenvalue weighted by Gasteiger charge is -2.42. The Morgan fingerprint density at radius 1 is 1.12 bits per heavy atom. The molecule has 8 heteroatoms. The molecule has 2 aliphatic heterocycles. The van der Waals surface area contributed by atoms with Crippen LogP contribution in [0.5, 0.6) is 5.75 Å². The van der Waals surface area contributed by atoms with E-state index in [-0.39, 0.29) is 35.9 Å². The van der Waals surface area contributed by atoms with Crippen molar-refractivity contribution in [2.24, 2.45) is 11.7 Å². The molecule has 0 saturated carbocycles. The summed E-state index contributed by atoms with van der Waals surface area (Å²) in [6.07, 6.45) is 1.42. The van der Waals surface area contributed by atoms with Crippen molar-refractivity contribution in [3.63, 3.8) is 0 Å². The Morgan fingerprint density at radius 3 is 2.27 bits per heavy atom. The highest BCUT2D eigenvalue weighted by atomic mass is 16.5. The van der Waals surface area contributed by atoms with Crippen molar-refractivity contribution < 1.29 is 24.2 Å². The van der Waals surface area contributed by atoms with Crippen LogP contribution in [0.2, 0.25) is 0 Å². The summed E-state index contributed by atoms with van der Waals surface area (Å²) in [7, 11) is 0. The average Bonchev–Trinajstić information content (AvgIpc) is 2.57. The molecule has 0 aromatic heterocycles. The third kappa shape index (κ3) is 4.32. The maximum Gasteiger partial charge on any atom is 0.335 e. The SMILES string of the molecule is NC(=O)CN1CCC(C(=O)N2CC(Oc3ccc(C(=O)O)cc3)C2)CC1. The molecule has 0 radical (unpaired) electrons. The number of aromatic carboxylic acids is 1. The third-order valence-electron chi connectivity index (χ3n) is 4.88. The first-order chi connectivity index (χ1) is 12.4. The van der Waals surface area contributed by atoms with Gasteiger partial charge in [-0.1, -0.05) is 0 Å². The van der Waals surface area contributed by atoms with Crippen molar-refractivity contribution in [2.45, 2.75) is 18.9 Å². The standard InChI is InChI=1S/C18H23N3O5/c19-16(22)11-20-7-5-12(6-8-20)17(23)21-9-15(10-21)26-14-3-1-13(2-4-14)18(24)25/h1-4,12,15H,5-11H2,(H2,19,22)(H,24,25). The molecule has 0 spiro atoms. The Hall–Kier alpha value is -2.61. The number of likely N-dealkylation sites (tertiary alicyclic amines) is 2. The highest BCUT2D eigenvalue weighted by Crippen LogP contribution is 2.24. The molecule has 3 N–H and O–H groups in total. The lowest BCUT2D eigenvalue weighted by molar-refractivity contribution is -0.146. The van der Waals surface area contributed by atoms with Crippen LogP contribution in [0.3, 0.4) is 0 Å². The van der Waals surface area contributed by atoms with Crippen molar-refractivity contribution >= 4 is 17.8 Å². The van der Waals surface area contributed by atoms with E-state index >= 15 is 0 Å². The van der Waals surface area contributed by atoms with Crippen molar-refractivity contribution in [2.75, 3.05) is 32.7 Å². The quantitative estimate of drug-likeness (QED) is 0.747. The summed E-state index contributed by atoms with van der Waals surface area (Å²) in [6, 6.07) is 6.25. The van der Waals surface area contributed by atoms with E-state index in [0.717, 1.165) is 12.8 Å². The third-order valence-corrected chi connectivity index (χ3v) is 4.88. The fraction of sp³-hybridized carbons (Fsp3) is 0.500. The number of nitrogens with zero attached hydrogens (tertiary/aromatic N) is 2. The first-order valence-corrected chi connectivity index (χ1v) is 8.72. The summed E-state index contributed by atoms with van der Waals surface area (Å²) in [4.78, 5) is 38.1. The Kier molecular flexibility index (Phi) is 5.41. The van der Waals surface area contributed by atoms with Crippen LogP contribution >= 0.6 is 0 Å². The molecule has 0 unspecified atom stereocenters. The monoisotopic (exact) mass is 361 g/mol. The zero-order valence-corrected chi connectivity index (χ0v) is 14.5. The van der Waals surface area contributed by atoms with E-state index in [9.17, 15) is 14.4 Å². The first-order valence-electron chi connectivity index (χ1n) is 8.72. The van der Waals surface area contributed by atoms with Gasteiger partial charge in [0.2, 0.25) is 11.8 Å². The van der Waals surface area contributed by atoms with E-state index in [4.69, 9.17) is 15.6 Å². The fourth-order valence-electron chi connectivity index (χ4n) is 3.38. The number of amides is 2. The lowest BCUT2D eigenvalue weighted by atomic mass is 9.93. The fourth-order valence-corrected chi connectivity index (χ4v) is 3.38. The minimum atomic E-state index is -0.973. The molecule has 2 heterocycles. The van der Waals surface area contributed by atoms with Crippen LogP contribution in [0.15, 0.2) is 24.3 Å². The number of primary amides is 1. The molecule has 0 atom stereocenters. The van der Waals surface area contributed by atoms with Crippen LogP contribution in [0.4, 0.5) is 0 Å². The summed E-state index contributed by atoms with van der Waals surface area (Å²) in [6.45, 7) is 2.76. The average molecular weight is 361 g/mol. The Balaban J connectivity index is 1.41. The normalized spacial score (nSPS) is 19.0. The number of nitrogens with two attached hydrogens (primary N) is 1. The van der Waals surface area contributed by atoms with Crippen LogP contribution in [-0.4, -0.2) is 71.5 Å². The number of carboxylic acid groups (broad SMARTS) is 1. The van der Waals surface area contributed by atoms with Gasteiger partial charge in [-0.2, -0.15) is 0 Å². The van der Waals surface area contributed by atoms with E-state index in [2.05, 4.69) is 0 Å². The Labute approximate surface area is 151 Å². The topological polar surface area (TPSA) is 113 Å². The van der Waals surface area contributed by atoms with E-state index in [1.165, 1.54) is 12.1 Å². The predicted octanol–water partition coefficient (Wildman–Crippen LogP) is 0.172. The molecule has 0 bridgehead atoms. The molecule has 1 aromatic carbocycles. The van der Waals surface area contributed by atoms with E-state index in [1.54, 1.807) is 17.0 Å². The lowest BCUT2D eigenvalue weighted by Crippen LogP contribution is -2.58. The van der Waals surface area contributed by atoms with Gasteiger partial charge in [-0.25, -0.2) is 4.79 Å². The molecular weight excluding hydrogens is 338 g/mol. The van der Waals surface area contributed by atoms with E-state index in [1.807, 2.05) is 4.90 Å². The Morgan fingerprint density at radius 2 is 1.73 bits per heavy atom. The van der Waals surface area contributed by atoms with Crippen LogP contribution in [-0.2, 0) is 9.59 Å². The van der Waals surface area contributed by atoms with Gasteiger partial charge >= 0.3 is 5.97 Å². The van der Waals surface area contributed by atoms with Gasteiger partial charge < -0.3 is 20.5 Å². The van der Waals surface area contributed by atoms with Gasteiger partial charge in [0, 0.05) is 5.92 Å². The van der Waals surface area contributed by atoms with Crippen LogP contribution in [0.1, 0.15) is 23.2 Å². The first kappa shape index (κ1) is 18.2. The minimum Gasteiger partial charge on any atom is -0.487 e. The maximum atomic E-state index is 12.5. The van der Waals surface area contributed by atoms with Gasteiger partial charge in [-0.3, -0.25) is 14.5 Å². The summed E-state index contributed by atoms with van der Waals surface area (Å²) < 4.78 is 5.77. The molecule has 3 rings (SSSR count). The molecule has 26 heavy (non-hydrogen) atoms. The van der Waals surface area contributed by atoms with Crippen molar-refractivity contribution in [3.05, 3.63) is 29.8 Å². The van der Waals surface area contributed by atoms with Crippen LogP contribution in [0.25, 0.3) is 0 Å².